The van der Waals surface area contributed by atoms with Gasteiger partial charge >= 0.3 is 6.18 Å². The van der Waals surface area contributed by atoms with Gasteiger partial charge in [0.2, 0.25) is 0 Å². The maximum Gasteiger partial charge on any atom is 0.408 e. The number of aromatic nitrogens is 8. The number of aromatic amines is 1. The number of piperidine rings is 1. The van der Waals surface area contributed by atoms with Gasteiger partial charge in [0.1, 0.15) is 35.3 Å². The summed E-state index contributed by atoms with van der Waals surface area (Å²) >= 11 is 0. The largest absolute Gasteiger partial charge is 0.408 e. The van der Waals surface area contributed by atoms with Crippen molar-refractivity contribution in [1.82, 2.24) is 39.7 Å². The average Bonchev–Trinajstić information content (AvgIpc) is 3.47. The third-order valence-electron chi connectivity index (χ3n) is 5.51. The molecule has 5 rings (SSSR count). The van der Waals surface area contributed by atoms with E-state index in [1.54, 1.807) is 23.9 Å². The van der Waals surface area contributed by atoms with Crippen molar-refractivity contribution in [3.63, 3.8) is 0 Å². The quantitative estimate of drug-likeness (QED) is 0.493. The van der Waals surface area contributed by atoms with Crippen molar-refractivity contribution in [1.29, 1.82) is 0 Å². The molecule has 4 aromatic rings. The van der Waals surface area contributed by atoms with Gasteiger partial charge in [0, 0.05) is 26.3 Å². The number of alkyl halides is 3. The molecule has 1 aliphatic rings. The number of pyridine rings is 1. The maximum atomic E-state index is 13.4. The lowest BCUT2D eigenvalue weighted by atomic mass is 10.1. The molecule has 0 aliphatic carbocycles. The van der Waals surface area contributed by atoms with Gasteiger partial charge in [-0.15, -0.1) is 0 Å². The Kier molecular flexibility index (Phi) is 4.84. The molecule has 1 saturated heterocycles. The zero-order valence-electron chi connectivity index (χ0n) is 17.1. The van der Waals surface area contributed by atoms with Gasteiger partial charge in [-0.3, -0.25) is 9.78 Å². The molecule has 32 heavy (non-hydrogen) atoms. The predicted molar refractivity (Wildman–Crippen MR) is 109 cm³/mol. The molecule has 0 atom stereocenters. The van der Waals surface area contributed by atoms with Gasteiger partial charge in [-0.25, -0.2) is 14.6 Å². The normalized spacial score (nSPS) is 15.7. The van der Waals surface area contributed by atoms with Crippen molar-refractivity contribution in [3.05, 3.63) is 24.7 Å². The Labute approximate surface area is 179 Å². The summed E-state index contributed by atoms with van der Waals surface area (Å²) in [5.74, 6) is 0.476. The second-order valence-electron chi connectivity index (χ2n) is 7.74. The Morgan fingerprint density at radius 2 is 2.03 bits per heavy atom. The van der Waals surface area contributed by atoms with Crippen LogP contribution in [0.25, 0.3) is 33.9 Å². The van der Waals surface area contributed by atoms with E-state index < -0.39 is 18.8 Å². The summed E-state index contributed by atoms with van der Waals surface area (Å²) in [5.41, 5.74) is 2.32. The Balaban J connectivity index is 1.78. The summed E-state index contributed by atoms with van der Waals surface area (Å²) in [5, 5.41) is 25.0. The number of halogens is 3. The van der Waals surface area contributed by atoms with Gasteiger partial charge in [0.25, 0.3) is 0 Å². The van der Waals surface area contributed by atoms with E-state index in [4.69, 9.17) is 0 Å². The molecule has 5 heterocycles. The number of aliphatic hydroxyl groups excluding tert-OH is 1. The first-order chi connectivity index (χ1) is 15.3. The zero-order chi connectivity index (χ0) is 22.5. The van der Waals surface area contributed by atoms with Crippen LogP contribution >= 0.6 is 0 Å². The molecule has 0 unspecified atom stereocenters. The monoisotopic (exact) mass is 447 g/mol. The lowest BCUT2D eigenvalue weighted by molar-refractivity contribution is -0.141. The fraction of sp³-hybridized carbons (Fsp3) is 0.421. The highest BCUT2D eigenvalue weighted by molar-refractivity contribution is 5.98. The number of fused-ring (bicyclic) bond motifs is 1. The number of rotatable bonds is 4. The minimum absolute atomic E-state index is 0.268. The van der Waals surface area contributed by atoms with Crippen LogP contribution in [0.1, 0.15) is 12.8 Å². The van der Waals surface area contributed by atoms with Crippen molar-refractivity contribution < 1.29 is 18.3 Å². The molecule has 4 aromatic heterocycles. The smallest absolute Gasteiger partial charge is 0.393 e. The molecule has 0 amide bonds. The number of hydrogen-bond acceptors (Lipinski definition) is 7. The topological polar surface area (TPSA) is 114 Å². The van der Waals surface area contributed by atoms with Crippen LogP contribution in [0, 0.1) is 0 Å². The number of aryl methyl sites for hydroxylation is 1. The zero-order valence-corrected chi connectivity index (χ0v) is 17.1. The minimum Gasteiger partial charge on any atom is -0.393 e. The van der Waals surface area contributed by atoms with Gasteiger partial charge < -0.3 is 10.0 Å². The average molecular weight is 447 g/mol. The van der Waals surface area contributed by atoms with Gasteiger partial charge in [-0.05, 0) is 25.0 Å². The number of hydrogen-bond donors (Lipinski definition) is 2. The first-order valence-corrected chi connectivity index (χ1v) is 10.1. The van der Waals surface area contributed by atoms with Crippen LogP contribution in [0.5, 0.6) is 0 Å². The molecule has 0 aromatic carbocycles. The van der Waals surface area contributed by atoms with Crippen molar-refractivity contribution >= 4 is 16.7 Å². The fourth-order valence-electron chi connectivity index (χ4n) is 4.01. The first-order valence-electron chi connectivity index (χ1n) is 10.1. The molecule has 0 saturated carbocycles. The fourth-order valence-corrected chi connectivity index (χ4v) is 4.01. The van der Waals surface area contributed by atoms with Crippen molar-refractivity contribution in [2.45, 2.75) is 31.7 Å². The second kappa shape index (κ2) is 7.58. The van der Waals surface area contributed by atoms with Gasteiger partial charge in [0.15, 0.2) is 5.82 Å². The Morgan fingerprint density at radius 3 is 2.66 bits per heavy atom. The maximum absolute atomic E-state index is 13.4. The highest BCUT2D eigenvalue weighted by atomic mass is 19.4. The summed E-state index contributed by atoms with van der Waals surface area (Å²) in [7, 11) is 1.72. The molecule has 10 nitrogen and oxygen atoms in total. The molecule has 0 bridgehead atoms. The van der Waals surface area contributed by atoms with E-state index in [0.717, 1.165) is 4.68 Å². The van der Waals surface area contributed by atoms with Crippen LogP contribution in [0.3, 0.4) is 0 Å². The number of aliphatic hydroxyl groups is 1. The highest BCUT2D eigenvalue weighted by Crippen LogP contribution is 2.37. The first kappa shape index (κ1) is 20.4. The number of anilines is 1. The van der Waals surface area contributed by atoms with Crippen molar-refractivity contribution in [2.75, 3.05) is 18.0 Å². The van der Waals surface area contributed by atoms with E-state index in [0.29, 0.717) is 54.3 Å². The van der Waals surface area contributed by atoms with Gasteiger partial charge in [-0.2, -0.15) is 28.5 Å². The molecule has 1 fully saturated rings. The van der Waals surface area contributed by atoms with E-state index in [-0.39, 0.29) is 11.2 Å². The van der Waals surface area contributed by atoms with E-state index in [1.807, 2.05) is 4.90 Å². The van der Waals surface area contributed by atoms with Crippen LogP contribution < -0.4 is 4.90 Å². The molecule has 2 N–H and O–H groups in total. The summed E-state index contributed by atoms with van der Waals surface area (Å²) in [6.07, 6.45) is -0.970. The third kappa shape index (κ3) is 3.68. The van der Waals surface area contributed by atoms with Crippen LogP contribution in [0.15, 0.2) is 24.7 Å². The van der Waals surface area contributed by atoms with Gasteiger partial charge in [-0.1, -0.05) is 0 Å². The van der Waals surface area contributed by atoms with E-state index >= 15 is 0 Å². The Hall–Kier alpha value is -3.48. The Morgan fingerprint density at radius 1 is 1.25 bits per heavy atom. The summed E-state index contributed by atoms with van der Waals surface area (Å²) in [4.78, 5) is 10.9. The lowest BCUT2D eigenvalue weighted by Crippen LogP contribution is -2.36. The standard InChI is InChI=1S/C19H20F3N9O/c1-29-18(23-10-25-29)13-8-14(30-6-3-11(32)4-7-30)17-16(26-13)15(12-2-5-24-27-12)28-31(17)9-19(20,21)22/h2,5,8,10-11,32H,3-4,6-7,9H2,1H3,(H,24,27). The highest BCUT2D eigenvalue weighted by Gasteiger charge is 2.33. The molecule has 168 valence electrons. The SMILES string of the molecule is Cn1ncnc1-c1cc(N2CCC(O)CC2)c2c(n1)c(-c1ccn[nH]1)nn2CC(F)(F)F. The van der Waals surface area contributed by atoms with Crippen molar-refractivity contribution in [2.24, 2.45) is 7.05 Å². The molecule has 0 radical (unpaired) electrons. The number of nitrogens with zero attached hydrogens (tertiary/aromatic N) is 8. The van der Waals surface area contributed by atoms with E-state index in [9.17, 15) is 18.3 Å². The van der Waals surface area contributed by atoms with Gasteiger partial charge in [0.05, 0.1) is 17.5 Å². The molecular formula is C19H20F3N9O. The van der Waals surface area contributed by atoms with Crippen LogP contribution in [0.4, 0.5) is 18.9 Å². The Bertz CT molecular complexity index is 1240. The van der Waals surface area contributed by atoms with Crippen molar-refractivity contribution in [3.8, 4) is 22.9 Å². The van der Waals surface area contributed by atoms with Crippen LogP contribution in [-0.4, -0.2) is 70.2 Å². The third-order valence-corrected chi connectivity index (χ3v) is 5.51. The molecule has 0 spiro atoms. The second-order valence-corrected chi connectivity index (χ2v) is 7.74. The summed E-state index contributed by atoms with van der Waals surface area (Å²) in [6, 6.07) is 3.35. The van der Waals surface area contributed by atoms with Crippen LogP contribution in [0.2, 0.25) is 0 Å². The molecule has 13 heteroatoms. The lowest BCUT2D eigenvalue weighted by Gasteiger charge is -2.32. The minimum atomic E-state index is -4.47. The summed E-state index contributed by atoms with van der Waals surface area (Å²) < 4.78 is 42.8. The van der Waals surface area contributed by atoms with E-state index in [1.165, 1.54) is 12.5 Å². The molecular weight excluding hydrogens is 427 g/mol. The number of H-pyrrole nitrogens is 1. The van der Waals surface area contributed by atoms with Crippen LogP contribution in [-0.2, 0) is 13.6 Å². The number of nitrogens with one attached hydrogen (secondary N) is 1. The predicted octanol–water partition coefficient (Wildman–Crippen LogP) is 2.14. The summed E-state index contributed by atoms with van der Waals surface area (Å²) in [6.45, 7) is -0.268. The molecule has 1 aliphatic heterocycles. The van der Waals surface area contributed by atoms with E-state index in [2.05, 4.69) is 30.4 Å².